The van der Waals surface area contributed by atoms with E-state index in [1.54, 1.807) is 30.0 Å². The summed E-state index contributed by atoms with van der Waals surface area (Å²) in [5.74, 6) is -1.14. The van der Waals surface area contributed by atoms with E-state index >= 15 is 0 Å². The Labute approximate surface area is 244 Å². The molecular weight excluding hydrogens is 551 g/mol. The van der Waals surface area contributed by atoms with Gasteiger partial charge in [-0.3, -0.25) is 4.79 Å². The lowest BCUT2D eigenvalue weighted by Gasteiger charge is -2.37. The molecule has 5 aromatic rings. The van der Waals surface area contributed by atoms with Gasteiger partial charge in [-0.25, -0.2) is 8.42 Å². The third-order valence-corrected chi connectivity index (χ3v) is 11.3. The highest BCUT2D eigenvalue weighted by Crippen LogP contribution is 2.52. The van der Waals surface area contributed by atoms with Gasteiger partial charge >= 0.3 is 5.97 Å². The first-order valence-electron chi connectivity index (χ1n) is 13.5. The van der Waals surface area contributed by atoms with Gasteiger partial charge in [-0.15, -0.1) is 11.8 Å². The van der Waals surface area contributed by atoms with Crippen LogP contribution in [-0.4, -0.2) is 41.6 Å². The fourth-order valence-electron chi connectivity index (χ4n) is 5.78. The molecule has 0 amide bonds. The van der Waals surface area contributed by atoms with Crippen molar-refractivity contribution in [2.24, 2.45) is 0 Å². The van der Waals surface area contributed by atoms with Gasteiger partial charge in [0.2, 0.25) is 10.0 Å². The Hall–Kier alpha value is -3.91. The lowest BCUT2D eigenvalue weighted by Crippen LogP contribution is -2.40. The van der Waals surface area contributed by atoms with E-state index in [1.165, 1.54) is 4.31 Å². The van der Waals surface area contributed by atoms with Crippen LogP contribution in [-0.2, 0) is 19.6 Å². The predicted molar refractivity (Wildman–Crippen MR) is 164 cm³/mol. The van der Waals surface area contributed by atoms with E-state index in [4.69, 9.17) is 0 Å². The third-order valence-electron chi connectivity index (χ3n) is 7.71. The van der Waals surface area contributed by atoms with E-state index in [0.717, 1.165) is 27.5 Å². The number of nitrogens with zero attached hydrogens (tertiary/aromatic N) is 1. The van der Waals surface area contributed by atoms with Crippen molar-refractivity contribution in [3.05, 3.63) is 150 Å². The van der Waals surface area contributed by atoms with Crippen molar-refractivity contribution < 1.29 is 18.3 Å². The van der Waals surface area contributed by atoms with Crippen molar-refractivity contribution in [2.45, 2.75) is 27.4 Å². The lowest BCUT2D eigenvalue weighted by molar-refractivity contribution is -0.140. The molecule has 1 N–H and O–H groups in total. The Morgan fingerprint density at radius 1 is 0.707 bits per heavy atom. The zero-order valence-electron chi connectivity index (χ0n) is 22.2. The second-order valence-corrected chi connectivity index (χ2v) is 13.6. The molecule has 7 heteroatoms. The zero-order chi connectivity index (χ0) is 28.5. The minimum atomic E-state index is -4.07. The fourth-order valence-corrected chi connectivity index (χ4v) is 9.38. The van der Waals surface area contributed by atoms with Crippen molar-refractivity contribution >= 4 is 38.5 Å². The molecule has 1 saturated heterocycles. The summed E-state index contributed by atoms with van der Waals surface area (Å²) in [6.45, 7) is 0.0883. The molecule has 41 heavy (non-hydrogen) atoms. The fraction of sp³-hybridized carbons (Fsp3) is 0.147. The number of hydrogen-bond donors (Lipinski definition) is 1. The van der Waals surface area contributed by atoms with Crippen molar-refractivity contribution in [1.29, 1.82) is 0 Å². The Bertz CT molecular complexity index is 1680. The minimum Gasteiger partial charge on any atom is -0.480 e. The van der Waals surface area contributed by atoms with Crippen LogP contribution >= 0.6 is 11.8 Å². The van der Waals surface area contributed by atoms with Crippen LogP contribution in [0, 0.1) is 0 Å². The summed E-state index contributed by atoms with van der Waals surface area (Å²) in [7, 11) is -4.07. The monoisotopic (exact) mass is 579 g/mol. The van der Waals surface area contributed by atoms with Crippen molar-refractivity contribution in [3.8, 4) is 0 Å². The topological polar surface area (TPSA) is 74.7 Å². The summed E-state index contributed by atoms with van der Waals surface area (Å²) in [6.07, 6.45) is 0.195. The summed E-state index contributed by atoms with van der Waals surface area (Å²) in [6, 6.07) is 41.8. The number of fused-ring (bicyclic) bond motifs is 1. The van der Waals surface area contributed by atoms with E-state index in [2.05, 4.69) is 36.4 Å². The molecule has 0 aromatic heterocycles. The Morgan fingerprint density at radius 2 is 1.20 bits per heavy atom. The summed E-state index contributed by atoms with van der Waals surface area (Å²) in [4.78, 5) is 12.6. The number of hydrogen-bond acceptors (Lipinski definition) is 4. The molecule has 1 fully saturated rings. The van der Waals surface area contributed by atoms with Gasteiger partial charge in [0.25, 0.3) is 0 Å². The Kier molecular flexibility index (Phi) is 7.43. The molecule has 1 aliphatic rings. The predicted octanol–water partition coefficient (Wildman–Crippen LogP) is 6.78. The molecule has 5 nitrogen and oxygen atoms in total. The molecule has 6 rings (SSSR count). The molecule has 2 atom stereocenters. The number of carboxylic acids is 1. The van der Waals surface area contributed by atoms with E-state index in [-0.39, 0.29) is 23.1 Å². The Balaban J connectivity index is 1.43. The molecule has 206 valence electrons. The largest absolute Gasteiger partial charge is 0.480 e. The zero-order valence-corrected chi connectivity index (χ0v) is 23.8. The Morgan fingerprint density at radius 3 is 1.71 bits per heavy atom. The molecule has 5 aromatic carbocycles. The van der Waals surface area contributed by atoms with Gasteiger partial charge in [-0.1, -0.05) is 121 Å². The third kappa shape index (κ3) is 5.05. The SMILES string of the molecule is O=C(O)C1CC(SC(c2ccccc2)(c2ccccc2)c2ccccc2)CN1S(=O)(=O)c1ccc2ccccc2c1. The number of rotatable bonds is 8. The molecular formula is C34H29NO4S2. The maximum absolute atomic E-state index is 14.0. The minimum absolute atomic E-state index is 0.0883. The number of sulfonamides is 1. The van der Waals surface area contributed by atoms with Gasteiger partial charge < -0.3 is 5.11 Å². The van der Waals surface area contributed by atoms with Crippen LogP contribution in [0.15, 0.2) is 138 Å². The molecule has 0 radical (unpaired) electrons. The van der Waals surface area contributed by atoms with Crippen LogP contribution in [0.3, 0.4) is 0 Å². The second kappa shape index (κ2) is 11.2. The van der Waals surface area contributed by atoms with Gasteiger partial charge in [-0.05, 0) is 46.0 Å². The standard InChI is InChI=1S/C34H29NO4S2/c36-33(37)32-23-30(24-35(32)41(38,39)31-21-20-25-12-10-11-13-26(25)22-31)40-34(27-14-4-1-5-15-27,28-16-6-2-7-17-28)29-18-8-3-9-19-29/h1-22,30,32H,23-24H2,(H,36,37). The maximum atomic E-state index is 14.0. The van der Waals surface area contributed by atoms with Gasteiger partial charge in [0, 0.05) is 11.8 Å². The van der Waals surface area contributed by atoms with Crippen molar-refractivity contribution in [3.63, 3.8) is 0 Å². The summed E-state index contributed by atoms with van der Waals surface area (Å²) < 4.78 is 28.4. The summed E-state index contributed by atoms with van der Waals surface area (Å²) in [5, 5.41) is 11.7. The molecule has 1 aliphatic heterocycles. The van der Waals surface area contributed by atoms with E-state index in [1.807, 2.05) is 78.9 Å². The number of carbonyl (C=O) groups is 1. The lowest BCUT2D eigenvalue weighted by atomic mass is 9.84. The number of carboxylic acid groups (broad SMARTS) is 1. The van der Waals surface area contributed by atoms with E-state index < -0.39 is 26.8 Å². The number of benzene rings is 5. The van der Waals surface area contributed by atoms with Crippen LogP contribution in [0.25, 0.3) is 10.8 Å². The first kappa shape index (κ1) is 27.3. The first-order valence-corrected chi connectivity index (χ1v) is 15.8. The van der Waals surface area contributed by atoms with Gasteiger partial charge in [-0.2, -0.15) is 4.31 Å². The number of aliphatic carboxylic acids is 1. The van der Waals surface area contributed by atoms with E-state index in [0.29, 0.717) is 0 Å². The normalized spacial score (nSPS) is 18.0. The molecule has 0 aliphatic carbocycles. The van der Waals surface area contributed by atoms with Crippen LogP contribution in [0.5, 0.6) is 0 Å². The van der Waals surface area contributed by atoms with Crippen LogP contribution in [0.1, 0.15) is 23.1 Å². The summed E-state index contributed by atoms with van der Waals surface area (Å²) >= 11 is 1.63. The van der Waals surface area contributed by atoms with Crippen molar-refractivity contribution in [1.82, 2.24) is 4.31 Å². The van der Waals surface area contributed by atoms with Gasteiger partial charge in [0.15, 0.2) is 0 Å². The van der Waals surface area contributed by atoms with Gasteiger partial charge in [0.1, 0.15) is 6.04 Å². The molecule has 0 spiro atoms. The van der Waals surface area contributed by atoms with Gasteiger partial charge in [0.05, 0.1) is 9.64 Å². The van der Waals surface area contributed by atoms with E-state index in [9.17, 15) is 18.3 Å². The molecule has 2 unspecified atom stereocenters. The maximum Gasteiger partial charge on any atom is 0.322 e. The average Bonchev–Trinajstić information content (AvgIpc) is 3.46. The molecule has 1 heterocycles. The average molecular weight is 580 g/mol. The summed E-state index contributed by atoms with van der Waals surface area (Å²) in [5.41, 5.74) is 3.14. The smallest absolute Gasteiger partial charge is 0.322 e. The van der Waals surface area contributed by atoms with Crippen LogP contribution in [0.4, 0.5) is 0 Å². The highest BCUT2D eigenvalue weighted by atomic mass is 32.2. The quantitative estimate of drug-likeness (QED) is 0.205. The van der Waals surface area contributed by atoms with Crippen LogP contribution in [0.2, 0.25) is 0 Å². The number of thioether (sulfide) groups is 1. The van der Waals surface area contributed by atoms with Crippen molar-refractivity contribution in [2.75, 3.05) is 6.54 Å². The highest BCUT2D eigenvalue weighted by molar-refractivity contribution is 8.01. The van der Waals surface area contributed by atoms with Crippen LogP contribution < -0.4 is 0 Å². The molecule has 0 saturated carbocycles. The molecule has 0 bridgehead atoms. The highest BCUT2D eigenvalue weighted by Gasteiger charge is 2.48. The first-order chi connectivity index (χ1) is 19.9. The second-order valence-electron chi connectivity index (χ2n) is 10.2.